The fraction of sp³-hybridized carbons (Fsp3) is 0.286. The number of nitrogens with one attached hydrogen (secondary N) is 1. The molecule has 0 atom stereocenters. The van der Waals surface area contributed by atoms with Gasteiger partial charge in [0.2, 0.25) is 0 Å². The minimum Gasteiger partial charge on any atom is -0.364 e. The molecule has 0 saturated heterocycles. The minimum absolute atomic E-state index is 0.794. The van der Waals surface area contributed by atoms with Gasteiger partial charge < -0.3 is 5.32 Å². The minimum atomic E-state index is 0.794. The molecule has 1 aromatic carbocycles. The molecule has 0 radical (unpaired) electrons. The average Bonchev–Trinajstić information content (AvgIpc) is 2.37. The highest BCUT2D eigenvalue weighted by molar-refractivity contribution is 5.38. The SMILES string of the molecule is CCc1ccccc1CNc1cc(C)cnn1. The lowest BCUT2D eigenvalue weighted by molar-refractivity contribution is 0.975. The van der Waals surface area contributed by atoms with Gasteiger partial charge in [-0.15, -0.1) is 5.10 Å². The van der Waals surface area contributed by atoms with Crippen molar-refractivity contribution in [1.82, 2.24) is 10.2 Å². The normalized spacial score (nSPS) is 10.2. The fourth-order valence-corrected chi connectivity index (χ4v) is 1.81. The first-order valence-electron chi connectivity index (χ1n) is 5.89. The molecular formula is C14H17N3. The highest BCUT2D eigenvalue weighted by Crippen LogP contribution is 2.12. The number of hydrogen-bond acceptors (Lipinski definition) is 3. The van der Waals surface area contributed by atoms with Gasteiger partial charge in [-0.1, -0.05) is 31.2 Å². The van der Waals surface area contributed by atoms with Gasteiger partial charge >= 0.3 is 0 Å². The third-order valence-electron chi connectivity index (χ3n) is 2.75. The maximum atomic E-state index is 4.05. The van der Waals surface area contributed by atoms with Gasteiger partial charge in [-0.25, -0.2) is 0 Å². The number of nitrogens with zero attached hydrogens (tertiary/aromatic N) is 2. The number of rotatable bonds is 4. The van der Waals surface area contributed by atoms with E-state index in [1.165, 1.54) is 11.1 Å². The lowest BCUT2D eigenvalue weighted by Crippen LogP contribution is -2.04. The summed E-state index contributed by atoms with van der Waals surface area (Å²) in [5.41, 5.74) is 3.81. The first kappa shape index (κ1) is 11.6. The van der Waals surface area contributed by atoms with Crippen molar-refractivity contribution in [1.29, 1.82) is 0 Å². The molecule has 88 valence electrons. The van der Waals surface area contributed by atoms with Crippen LogP contribution in [0.1, 0.15) is 23.6 Å². The van der Waals surface area contributed by atoms with Crippen LogP contribution in [0.25, 0.3) is 0 Å². The molecule has 0 aliphatic carbocycles. The van der Waals surface area contributed by atoms with Gasteiger partial charge in [-0.3, -0.25) is 0 Å². The van der Waals surface area contributed by atoms with E-state index in [9.17, 15) is 0 Å². The molecule has 2 rings (SSSR count). The summed E-state index contributed by atoms with van der Waals surface area (Å²) in [6.45, 7) is 4.98. The molecule has 0 amide bonds. The van der Waals surface area contributed by atoms with Crippen molar-refractivity contribution in [3.05, 3.63) is 53.2 Å². The third kappa shape index (κ3) is 3.03. The van der Waals surface area contributed by atoms with E-state index >= 15 is 0 Å². The zero-order chi connectivity index (χ0) is 12.1. The van der Waals surface area contributed by atoms with Crippen LogP contribution in [0.4, 0.5) is 5.82 Å². The van der Waals surface area contributed by atoms with E-state index in [1.54, 1.807) is 6.20 Å². The number of aryl methyl sites for hydroxylation is 2. The van der Waals surface area contributed by atoms with Crippen LogP contribution in [-0.4, -0.2) is 10.2 Å². The molecule has 2 aromatic rings. The van der Waals surface area contributed by atoms with E-state index in [0.717, 1.165) is 24.3 Å². The Morgan fingerprint density at radius 3 is 2.65 bits per heavy atom. The molecule has 0 fully saturated rings. The molecule has 0 saturated carbocycles. The van der Waals surface area contributed by atoms with Crippen molar-refractivity contribution in [2.75, 3.05) is 5.32 Å². The summed E-state index contributed by atoms with van der Waals surface area (Å²) >= 11 is 0. The maximum Gasteiger partial charge on any atom is 0.149 e. The summed E-state index contributed by atoms with van der Waals surface area (Å²) in [6, 6.07) is 10.5. The Morgan fingerprint density at radius 2 is 1.94 bits per heavy atom. The molecule has 0 unspecified atom stereocenters. The number of aromatic nitrogens is 2. The number of hydrogen-bond donors (Lipinski definition) is 1. The van der Waals surface area contributed by atoms with Crippen LogP contribution in [-0.2, 0) is 13.0 Å². The molecule has 0 aliphatic rings. The highest BCUT2D eigenvalue weighted by atomic mass is 15.2. The zero-order valence-corrected chi connectivity index (χ0v) is 10.3. The molecule has 1 N–H and O–H groups in total. The van der Waals surface area contributed by atoms with Gasteiger partial charge in [0.15, 0.2) is 0 Å². The van der Waals surface area contributed by atoms with E-state index in [-0.39, 0.29) is 0 Å². The van der Waals surface area contributed by atoms with E-state index in [0.29, 0.717) is 0 Å². The Morgan fingerprint density at radius 1 is 1.18 bits per heavy atom. The van der Waals surface area contributed by atoms with Gasteiger partial charge in [0.05, 0.1) is 6.20 Å². The van der Waals surface area contributed by atoms with Gasteiger partial charge in [0.25, 0.3) is 0 Å². The Labute approximate surface area is 102 Å². The number of anilines is 1. The Kier molecular flexibility index (Phi) is 3.70. The van der Waals surface area contributed by atoms with Crippen molar-refractivity contribution in [2.24, 2.45) is 0 Å². The molecule has 3 heteroatoms. The van der Waals surface area contributed by atoms with Crippen LogP contribution < -0.4 is 5.32 Å². The van der Waals surface area contributed by atoms with Crippen molar-refractivity contribution < 1.29 is 0 Å². The monoisotopic (exact) mass is 227 g/mol. The molecule has 1 aromatic heterocycles. The van der Waals surface area contributed by atoms with Crippen molar-refractivity contribution in [3.8, 4) is 0 Å². The quantitative estimate of drug-likeness (QED) is 0.872. The molecule has 3 nitrogen and oxygen atoms in total. The van der Waals surface area contributed by atoms with E-state index in [2.05, 4.69) is 46.7 Å². The lowest BCUT2D eigenvalue weighted by Gasteiger charge is -2.09. The van der Waals surface area contributed by atoms with Crippen LogP contribution in [0.5, 0.6) is 0 Å². The average molecular weight is 227 g/mol. The van der Waals surface area contributed by atoms with E-state index < -0.39 is 0 Å². The third-order valence-corrected chi connectivity index (χ3v) is 2.75. The number of benzene rings is 1. The van der Waals surface area contributed by atoms with Crippen LogP contribution >= 0.6 is 0 Å². The predicted octanol–water partition coefficient (Wildman–Crippen LogP) is 2.96. The molecular weight excluding hydrogens is 210 g/mol. The Balaban J connectivity index is 2.07. The standard InChI is InChI=1S/C14H17N3/c1-3-12-6-4-5-7-13(12)10-15-14-8-11(2)9-16-17-14/h4-9H,3,10H2,1-2H3,(H,15,17). The second-order valence-corrected chi connectivity index (χ2v) is 4.09. The van der Waals surface area contributed by atoms with Crippen molar-refractivity contribution >= 4 is 5.82 Å². The van der Waals surface area contributed by atoms with Crippen molar-refractivity contribution in [3.63, 3.8) is 0 Å². The summed E-state index contributed by atoms with van der Waals surface area (Å²) in [4.78, 5) is 0. The van der Waals surface area contributed by atoms with Crippen LogP contribution in [0, 0.1) is 6.92 Å². The van der Waals surface area contributed by atoms with Gasteiger partial charge in [-0.05, 0) is 36.1 Å². The van der Waals surface area contributed by atoms with Crippen LogP contribution in [0.2, 0.25) is 0 Å². The summed E-state index contributed by atoms with van der Waals surface area (Å²) in [7, 11) is 0. The van der Waals surface area contributed by atoms with Gasteiger partial charge in [0.1, 0.15) is 5.82 Å². The molecule has 0 bridgehead atoms. The predicted molar refractivity (Wildman–Crippen MR) is 69.9 cm³/mol. The topological polar surface area (TPSA) is 37.8 Å². The lowest BCUT2D eigenvalue weighted by atomic mass is 10.1. The zero-order valence-electron chi connectivity index (χ0n) is 10.3. The molecule has 1 heterocycles. The van der Waals surface area contributed by atoms with Crippen LogP contribution in [0.15, 0.2) is 36.5 Å². The molecule has 17 heavy (non-hydrogen) atoms. The Hall–Kier alpha value is -1.90. The van der Waals surface area contributed by atoms with Gasteiger partial charge in [0, 0.05) is 6.54 Å². The maximum absolute atomic E-state index is 4.05. The summed E-state index contributed by atoms with van der Waals surface area (Å²) in [5, 5.41) is 11.3. The second-order valence-electron chi connectivity index (χ2n) is 4.09. The first-order valence-corrected chi connectivity index (χ1v) is 5.89. The van der Waals surface area contributed by atoms with Crippen molar-refractivity contribution in [2.45, 2.75) is 26.8 Å². The summed E-state index contributed by atoms with van der Waals surface area (Å²) in [6.07, 6.45) is 2.81. The van der Waals surface area contributed by atoms with E-state index in [4.69, 9.17) is 0 Å². The first-order chi connectivity index (χ1) is 8.29. The summed E-state index contributed by atoms with van der Waals surface area (Å²) < 4.78 is 0. The largest absolute Gasteiger partial charge is 0.364 e. The van der Waals surface area contributed by atoms with Gasteiger partial charge in [-0.2, -0.15) is 5.10 Å². The molecule has 0 spiro atoms. The van der Waals surface area contributed by atoms with Crippen LogP contribution in [0.3, 0.4) is 0 Å². The smallest absolute Gasteiger partial charge is 0.149 e. The molecule has 0 aliphatic heterocycles. The highest BCUT2D eigenvalue weighted by Gasteiger charge is 2.00. The Bertz CT molecular complexity index is 494. The fourth-order valence-electron chi connectivity index (χ4n) is 1.81. The summed E-state index contributed by atoms with van der Waals surface area (Å²) in [5.74, 6) is 0.830. The van der Waals surface area contributed by atoms with E-state index in [1.807, 2.05) is 13.0 Å². The second kappa shape index (κ2) is 5.43.